The predicted octanol–water partition coefficient (Wildman–Crippen LogP) is 3.15. The summed E-state index contributed by atoms with van der Waals surface area (Å²) in [7, 11) is 0. The molecule has 4 heterocycles. The minimum Gasteiger partial charge on any atom is -0.467 e. The van der Waals surface area contributed by atoms with E-state index in [4.69, 9.17) is 25.8 Å². The first kappa shape index (κ1) is 19.7. The molecule has 0 spiro atoms. The van der Waals surface area contributed by atoms with E-state index >= 15 is 0 Å². The van der Waals surface area contributed by atoms with Crippen LogP contribution in [0.25, 0.3) is 6.08 Å². The van der Waals surface area contributed by atoms with Crippen molar-refractivity contribution in [2.45, 2.75) is 32.6 Å². The number of morpholine rings is 1. The van der Waals surface area contributed by atoms with Crippen LogP contribution < -0.4 is 4.90 Å². The Bertz CT molecular complexity index is 998. The van der Waals surface area contributed by atoms with E-state index in [0.717, 1.165) is 0 Å². The first-order chi connectivity index (χ1) is 13.9. The summed E-state index contributed by atoms with van der Waals surface area (Å²) in [4.78, 5) is 20.8. The molecule has 2 aromatic rings. The molecule has 0 N–H and O–H groups in total. The van der Waals surface area contributed by atoms with Gasteiger partial charge in [-0.15, -0.1) is 0 Å². The molecule has 0 aliphatic carbocycles. The lowest BCUT2D eigenvalue weighted by molar-refractivity contribution is -0.122. The third kappa shape index (κ3) is 4.07. The van der Waals surface area contributed by atoms with E-state index in [1.807, 2.05) is 18.7 Å². The normalized spacial score (nSPS) is 23.8. The van der Waals surface area contributed by atoms with Crippen LogP contribution in [0.1, 0.15) is 31.2 Å². The van der Waals surface area contributed by atoms with E-state index < -0.39 is 0 Å². The van der Waals surface area contributed by atoms with Crippen LogP contribution in [0.2, 0.25) is 0 Å². The number of thiocarbonyl (C=S) groups is 1. The minimum absolute atomic E-state index is 0.0108. The van der Waals surface area contributed by atoms with Gasteiger partial charge in [0.1, 0.15) is 16.2 Å². The van der Waals surface area contributed by atoms with Crippen LogP contribution in [0.3, 0.4) is 0 Å². The SMILES string of the molecule is C[C@@H]1CN(c2oc(/C=C3/SC(=S)N(Cc4ccco4)C3=O)nc2C#N)C[C@@H](C)O1. The number of carbonyl (C=O) groups excluding carboxylic acids is 1. The fraction of sp³-hybridized carbons (Fsp3) is 0.368. The summed E-state index contributed by atoms with van der Waals surface area (Å²) in [6.07, 6.45) is 3.10. The van der Waals surface area contributed by atoms with Gasteiger partial charge in [-0.05, 0) is 26.0 Å². The van der Waals surface area contributed by atoms with Gasteiger partial charge in [-0.2, -0.15) is 10.2 Å². The molecule has 4 rings (SSSR count). The van der Waals surface area contributed by atoms with Gasteiger partial charge in [0.2, 0.25) is 17.5 Å². The predicted molar refractivity (Wildman–Crippen MR) is 111 cm³/mol. The summed E-state index contributed by atoms with van der Waals surface area (Å²) in [6, 6.07) is 5.61. The molecule has 8 nitrogen and oxygen atoms in total. The summed E-state index contributed by atoms with van der Waals surface area (Å²) in [5, 5.41) is 9.47. The fourth-order valence-electron chi connectivity index (χ4n) is 3.33. The first-order valence-corrected chi connectivity index (χ1v) is 10.3. The van der Waals surface area contributed by atoms with E-state index in [1.54, 1.807) is 18.4 Å². The van der Waals surface area contributed by atoms with Crippen molar-refractivity contribution in [3.63, 3.8) is 0 Å². The third-order valence-electron chi connectivity index (χ3n) is 4.46. The highest BCUT2D eigenvalue weighted by Gasteiger charge is 2.34. The van der Waals surface area contributed by atoms with Crippen molar-refractivity contribution >= 4 is 46.2 Å². The molecule has 1 amide bonds. The molecular formula is C19H18N4O4S2. The third-order valence-corrected chi connectivity index (χ3v) is 5.84. The van der Waals surface area contributed by atoms with Gasteiger partial charge in [-0.25, -0.2) is 0 Å². The number of aromatic nitrogens is 1. The van der Waals surface area contributed by atoms with Crippen LogP contribution in [0.15, 0.2) is 32.1 Å². The van der Waals surface area contributed by atoms with E-state index in [1.165, 1.54) is 22.7 Å². The second kappa shape index (κ2) is 8.02. The van der Waals surface area contributed by atoms with Crippen LogP contribution in [0.4, 0.5) is 5.88 Å². The molecule has 2 atom stereocenters. The molecule has 0 bridgehead atoms. The lowest BCUT2D eigenvalue weighted by atomic mass is 10.2. The number of nitriles is 1. The fourth-order valence-corrected chi connectivity index (χ4v) is 4.55. The zero-order chi connectivity index (χ0) is 20.5. The second-order valence-electron chi connectivity index (χ2n) is 6.83. The number of carbonyl (C=O) groups is 1. The number of anilines is 1. The maximum Gasteiger partial charge on any atom is 0.266 e. The van der Waals surface area contributed by atoms with Gasteiger partial charge < -0.3 is 18.5 Å². The molecular weight excluding hydrogens is 412 g/mol. The minimum atomic E-state index is -0.247. The number of hydrogen-bond donors (Lipinski definition) is 0. The lowest BCUT2D eigenvalue weighted by Crippen LogP contribution is -2.45. The van der Waals surface area contributed by atoms with E-state index in [2.05, 4.69) is 11.1 Å². The number of furan rings is 1. The highest BCUT2D eigenvalue weighted by Crippen LogP contribution is 2.34. The number of nitrogens with zero attached hydrogens (tertiary/aromatic N) is 4. The Kier molecular flexibility index (Phi) is 5.45. The van der Waals surface area contributed by atoms with Crippen molar-refractivity contribution < 1.29 is 18.4 Å². The Balaban J connectivity index is 1.57. The number of thioether (sulfide) groups is 1. The summed E-state index contributed by atoms with van der Waals surface area (Å²) in [5.41, 5.74) is 0.184. The number of hydrogen-bond acceptors (Lipinski definition) is 9. The van der Waals surface area contributed by atoms with Gasteiger partial charge in [0, 0.05) is 19.2 Å². The maximum absolute atomic E-state index is 12.7. The number of rotatable bonds is 4. The van der Waals surface area contributed by atoms with Gasteiger partial charge in [-0.3, -0.25) is 9.69 Å². The van der Waals surface area contributed by atoms with Crippen LogP contribution in [-0.4, -0.2) is 45.4 Å². The molecule has 0 unspecified atom stereocenters. The number of ether oxygens (including phenoxy) is 1. The Morgan fingerprint density at radius 1 is 1.41 bits per heavy atom. The van der Waals surface area contributed by atoms with Gasteiger partial charge in [0.25, 0.3) is 5.91 Å². The van der Waals surface area contributed by atoms with Gasteiger partial charge in [-0.1, -0.05) is 24.0 Å². The highest BCUT2D eigenvalue weighted by atomic mass is 32.2. The van der Waals surface area contributed by atoms with Crippen LogP contribution >= 0.6 is 24.0 Å². The van der Waals surface area contributed by atoms with Crippen molar-refractivity contribution in [3.8, 4) is 6.07 Å². The lowest BCUT2D eigenvalue weighted by Gasteiger charge is -2.34. The summed E-state index contributed by atoms with van der Waals surface area (Å²) >= 11 is 6.49. The van der Waals surface area contributed by atoms with Crippen molar-refractivity contribution in [3.05, 3.63) is 40.6 Å². The zero-order valence-electron chi connectivity index (χ0n) is 15.8. The van der Waals surface area contributed by atoms with Crippen LogP contribution in [0, 0.1) is 11.3 Å². The highest BCUT2D eigenvalue weighted by molar-refractivity contribution is 8.26. The molecule has 2 fully saturated rings. The molecule has 10 heteroatoms. The van der Waals surface area contributed by atoms with Gasteiger partial charge >= 0.3 is 0 Å². The maximum atomic E-state index is 12.7. The standard InChI is InChI=1S/C19H18N4O4S2/c1-11-8-22(9-12(2)26-11)18-14(7-20)21-16(27-18)6-15-17(24)23(19(28)29-15)10-13-4-3-5-25-13/h3-6,11-12H,8-10H2,1-2H3/b15-6+/t11-,12-/m1/s1. The zero-order valence-corrected chi connectivity index (χ0v) is 17.5. The Labute approximate surface area is 177 Å². The topological polar surface area (TPSA) is 95.7 Å². The average Bonchev–Trinajstić information content (AvgIpc) is 3.38. The van der Waals surface area contributed by atoms with Crippen molar-refractivity contribution in [1.82, 2.24) is 9.88 Å². The van der Waals surface area contributed by atoms with Crippen molar-refractivity contribution in [1.29, 1.82) is 5.26 Å². The van der Waals surface area contributed by atoms with E-state index in [-0.39, 0.29) is 36.2 Å². The Morgan fingerprint density at radius 3 is 2.83 bits per heavy atom. The van der Waals surface area contributed by atoms with E-state index in [0.29, 0.717) is 34.0 Å². The summed E-state index contributed by atoms with van der Waals surface area (Å²) < 4.78 is 17.3. The molecule has 0 saturated carbocycles. The van der Waals surface area contributed by atoms with Crippen LogP contribution in [0.5, 0.6) is 0 Å². The number of oxazole rings is 1. The molecule has 2 aliphatic heterocycles. The van der Waals surface area contributed by atoms with Gasteiger partial charge in [0.05, 0.1) is 29.9 Å². The average molecular weight is 431 g/mol. The van der Waals surface area contributed by atoms with Crippen molar-refractivity contribution in [2.24, 2.45) is 0 Å². The van der Waals surface area contributed by atoms with Gasteiger partial charge in [0.15, 0.2) is 0 Å². The smallest absolute Gasteiger partial charge is 0.266 e. The Morgan fingerprint density at radius 2 is 2.17 bits per heavy atom. The largest absolute Gasteiger partial charge is 0.467 e. The quantitative estimate of drug-likeness (QED) is 0.535. The van der Waals surface area contributed by atoms with Crippen LogP contribution in [-0.2, 0) is 16.1 Å². The molecule has 29 heavy (non-hydrogen) atoms. The number of amides is 1. The molecule has 2 aromatic heterocycles. The Hall–Kier alpha value is -2.61. The summed E-state index contributed by atoms with van der Waals surface area (Å²) in [5.74, 6) is 0.986. The summed E-state index contributed by atoms with van der Waals surface area (Å²) in [6.45, 7) is 5.39. The molecule has 150 valence electrons. The molecule has 2 aliphatic rings. The molecule has 0 aromatic carbocycles. The second-order valence-corrected chi connectivity index (χ2v) is 8.50. The van der Waals surface area contributed by atoms with Crippen molar-refractivity contribution in [2.75, 3.05) is 18.0 Å². The molecule has 0 radical (unpaired) electrons. The monoisotopic (exact) mass is 430 g/mol. The molecule has 2 saturated heterocycles. The van der Waals surface area contributed by atoms with E-state index in [9.17, 15) is 10.1 Å². The first-order valence-electron chi connectivity index (χ1n) is 9.03.